The molecular formula is C15H30N2. The Balaban J connectivity index is 2.11. The van der Waals surface area contributed by atoms with Crippen LogP contribution in [-0.4, -0.2) is 29.6 Å². The van der Waals surface area contributed by atoms with Crippen molar-refractivity contribution in [3.63, 3.8) is 0 Å². The van der Waals surface area contributed by atoms with Crippen LogP contribution in [-0.2, 0) is 0 Å². The molecule has 2 rings (SSSR count). The van der Waals surface area contributed by atoms with Crippen molar-refractivity contribution in [1.29, 1.82) is 0 Å². The molecule has 2 heteroatoms. The first-order chi connectivity index (χ1) is 8.18. The lowest BCUT2D eigenvalue weighted by Crippen LogP contribution is -2.58. The molecule has 0 aromatic rings. The van der Waals surface area contributed by atoms with Crippen molar-refractivity contribution in [1.82, 2.24) is 4.90 Å². The molecule has 1 aliphatic heterocycles. The number of nitrogens with two attached hydrogens (primary N) is 1. The number of rotatable bonds is 2. The molecule has 2 aliphatic rings. The Morgan fingerprint density at radius 1 is 1.06 bits per heavy atom. The van der Waals surface area contributed by atoms with Crippen LogP contribution in [0.5, 0.6) is 0 Å². The zero-order valence-electron chi connectivity index (χ0n) is 11.8. The predicted octanol–water partition coefficient (Wildman–Crippen LogP) is 3.16. The van der Waals surface area contributed by atoms with E-state index in [1.54, 1.807) is 0 Å². The Hall–Kier alpha value is -0.0800. The second-order valence-corrected chi connectivity index (χ2v) is 6.50. The number of likely N-dealkylation sites (tertiary alicyclic amines) is 1. The lowest BCUT2D eigenvalue weighted by molar-refractivity contribution is 0.0179. The van der Waals surface area contributed by atoms with E-state index in [9.17, 15) is 0 Å². The van der Waals surface area contributed by atoms with Gasteiger partial charge in [-0.1, -0.05) is 26.2 Å². The monoisotopic (exact) mass is 238 g/mol. The van der Waals surface area contributed by atoms with Gasteiger partial charge in [-0.05, 0) is 51.5 Å². The topological polar surface area (TPSA) is 29.3 Å². The largest absolute Gasteiger partial charge is 0.329 e. The van der Waals surface area contributed by atoms with Crippen molar-refractivity contribution in [3.05, 3.63) is 0 Å². The Labute approximate surface area is 107 Å². The van der Waals surface area contributed by atoms with Crippen LogP contribution in [0.25, 0.3) is 0 Å². The fraction of sp³-hybridized carbons (Fsp3) is 1.00. The Morgan fingerprint density at radius 2 is 1.88 bits per heavy atom. The highest BCUT2D eigenvalue weighted by atomic mass is 15.2. The maximum Gasteiger partial charge on any atom is 0.0334 e. The third-order valence-corrected chi connectivity index (χ3v) is 5.23. The molecule has 1 saturated heterocycles. The lowest BCUT2D eigenvalue weighted by Gasteiger charge is -2.49. The van der Waals surface area contributed by atoms with Crippen molar-refractivity contribution >= 4 is 0 Å². The van der Waals surface area contributed by atoms with Crippen LogP contribution in [0.2, 0.25) is 0 Å². The van der Waals surface area contributed by atoms with E-state index < -0.39 is 0 Å². The van der Waals surface area contributed by atoms with Gasteiger partial charge >= 0.3 is 0 Å². The Kier molecular flexibility index (Phi) is 4.48. The molecule has 0 bridgehead atoms. The normalized spacial score (nSPS) is 41.1. The highest BCUT2D eigenvalue weighted by Gasteiger charge is 2.39. The summed E-state index contributed by atoms with van der Waals surface area (Å²) < 4.78 is 0. The van der Waals surface area contributed by atoms with E-state index in [2.05, 4.69) is 18.7 Å². The number of piperidine rings is 1. The van der Waals surface area contributed by atoms with Crippen LogP contribution in [0.1, 0.15) is 65.2 Å². The molecule has 0 radical (unpaired) electrons. The van der Waals surface area contributed by atoms with Gasteiger partial charge in [0.1, 0.15) is 0 Å². The van der Waals surface area contributed by atoms with E-state index in [1.165, 1.54) is 57.9 Å². The van der Waals surface area contributed by atoms with Gasteiger partial charge in [0.2, 0.25) is 0 Å². The molecule has 2 nitrogen and oxygen atoms in total. The molecule has 100 valence electrons. The first-order valence-corrected chi connectivity index (χ1v) is 7.65. The second kappa shape index (κ2) is 5.71. The molecule has 2 fully saturated rings. The van der Waals surface area contributed by atoms with Crippen LogP contribution < -0.4 is 5.73 Å². The van der Waals surface area contributed by atoms with Gasteiger partial charge in [0.25, 0.3) is 0 Å². The fourth-order valence-electron chi connectivity index (χ4n) is 3.98. The molecule has 2 N–H and O–H groups in total. The number of hydrogen-bond donors (Lipinski definition) is 1. The molecule has 17 heavy (non-hydrogen) atoms. The van der Waals surface area contributed by atoms with E-state index in [0.29, 0.717) is 5.54 Å². The van der Waals surface area contributed by atoms with Gasteiger partial charge in [0.05, 0.1) is 0 Å². The van der Waals surface area contributed by atoms with Crippen LogP contribution in [0.4, 0.5) is 0 Å². The average molecular weight is 238 g/mol. The maximum atomic E-state index is 6.20. The van der Waals surface area contributed by atoms with Crippen LogP contribution in [0.15, 0.2) is 0 Å². The molecule has 0 amide bonds. The molecule has 0 aromatic heterocycles. The zero-order chi connectivity index (χ0) is 12.3. The van der Waals surface area contributed by atoms with Gasteiger partial charge in [-0.25, -0.2) is 0 Å². The Morgan fingerprint density at radius 3 is 2.59 bits per heavy atom. The van der Waals surface area contributed by atoms with E-state index in [4.69, 9.17) is 5.73 Å². The second-order valence-electron chi connectivity index (χ2n) is 6.50. The summed E-state index contributed by atoms with van der Waals surface area (Å²) in [5, 5.41) is 0. The van der Waals surface area contributed by atoms with Gasteiger partial charge < -0.3 is 5.73 Å². The summed E-state index contributed by atoms with van der Waals surface area (Å²) in [5.41, 5.74) is 6.54. The van der Waals surface area contributed by atoms with E-state index in [1.807, 2.05) is 0 Å². The van der Waals surface area contributed by atoms with Gasteiger partial charge in [-0.2, -0.15) is 0 Å². The van der Waals surface area contributed by atoms with Gasteiger partial charge in [0.15, 0.2) is 0 Å². The first-order valence-electron chi connectivity index (χ1n) is 7.65. The van der Waals surface area contributed by atoms with E-state index >= 15 is 0 Å². The maximum absolute atomic E-state index is 6.20. The van der Waals surface area contributed by atoms with Gasteiger partial charge in [0, 0.05) is 18.1 Å². The number of nitrogens with zero attached hydrogens (tertiary/aromatic N) is 1. The fourth-order valence-corrected chi connectivity index (χ4v) is 3.98. The van der Waals surface area contributed by atoms with Crippen LogP contribution >= 0.6 is 0 Å². The summed E-state index contributed by atoms with van der Waals surface area (Å²) in [5.74, 6) is 0.906. The van der Waals surface area contributed by atoms with E-state index in [-0.39, 0.29) is 0 Å². The van der Waals surface area contributed by atoms with Crippen molar-refractivity contribution in [2.75, 3.05) is 13.1 Å². The van der Waals surface area contributed by atoms with Gasteiger partial charge in [-0.3, -0.25) is 4.90 Å². The van der Waals surface area contributed by atoms with Gasteiger partial charge in [-0.15, -0.1) is 0 Å². The third kappa shape index (κ3) is 2.85. The first kappa shape index (κ1) is 13.4. The summed E-state index contributed by atoms with van der Waals surface area (Å²) in [6.07, 6.45) is 11.0. The highest BCUT2D eigenvalue weighted by Crippen LogP contribution is 2.37. The Bertz CT molecular complexity index is 241. The average Bonchev–Trinajstić information content (AvgIpc) is 2.53. The minimum Gasteiger partial charge on any atom is -0.329 e. The molecular weight excluding hydrogens is 208 g/mol. The zero-order valence-corrected chi connectivity index (χ0v) is 11.8. The van der Waals surface area contributed by atoms with Crippen molar-refractivity contribution in [3.8, 4) is 0 Å². The molecule has 1 aliphatic carbocycles. The van der Waals surface area contributed by atoms with Crippen LogP contribution in [0, 0.1) is 5.92 Å². The summed E-state index contributed by atoms with van der Waals surface area (Å²) in [4.78, 5) is 2.77. The predicted molar refractivity (Wildman–Crippen MR) is 74.1 cm³/mol. The minimum atomic E-state index is 0.338. The highest BCUT2D eigenvalue weighted by molar-refractivity contribution is 4.97. The third-order valence-electron chi connectivity index (χ3n) is 5.23. The lowest BCUT2D eigenvalue weighted by atomic mass is 9.84. The summed E-state index contributed by atoms with van der Waals surface area (Å²) in [6, 6.07) is 0.751. The van der Waals surface area contributed by atoms with Crippen molar-refractivity contribution in [2.45, 2.75) is 76.8 Å². The smallest absolute Gasteiger partial charge is 0.0334 e. The molecule has 3 atom stereocenters. The summed E-state index contributed by atoms with van der Waals surface area (Å²) >= 11 is 0. The molecule has 1 saturated carbocycles. The molecule has 0 aromatic carbocycles. The molecule has 0 spiro atoms. The van der Waals surface area contributed by atoms with Crippen molar-refractivity contribution in [2.24, 2.45) is 11.7 Å². The standard InChI is InChI=1S/C15H30N2/c1-13-6-5-9-15(12-16,10-8-13)17-11-4-3-7-14(17)2/h13-14H,3-12,16H2,1-2H3. The molecule has 3 unspecified atom stereocenters. The minimum absolute atomic E-state index is 0.338. The summed E-state index contributed by atoms with van der Waals surface area (Å²) in [6.45, 7) is 6.97. The summed E-state index contributed by atoms with van der Waals surface area (Å²) in [7, 11) is 0. The molecule has 1 heterocycles. The van der Waals surface area contributed by atoms with Crippen LogP contribution in [0.3, 0.4) is 0 Å². The van der Waals surface area contributed by atoms with E-state index in [0.717, 1.165) is 18.5 Å². The SMILES string of the molecule is CC1CCCC(CN)(N2CCCCC2C)CC1. The number of hydrogen-bond acceptors (Lipinski definition) is 2. The quantitative estimate of drug-likeness (QED) is 0.749. The van der Waals surface area contributed by atoms with Crippen molar-refractivity contribution < 1.29 is 0 Å².